The fourth-order valence-electron chi connectivity index (χ4n) is 3.86. The molecule has 9 nitrogen and oxygen atoms in total. The first kappa shape index (κ1) is 22.9. The number of benzodiazepines with no additional fused rings is 1. The van der Waals surface area contributed by atoms with E-state index >= 15 is 0 Å². The number of hydrogen-bond donors (Lipinski definition) is 2. The van der Waals surface area contributed by atoms with Gasteiger partial charge in [0.25, 0.3) is 11.8 Å². The van der Waals surface area contributed by atoms with Crippen LogP contribution in [-0.2, 0) is 16.0 Å². The Morgan fingerprint density at radius 3 is 2.74 bits per heavy atom. The number of anilines is 2. The highest BCUT2D eigenvalue weighted by atomic mass is 32.1. The number of methoxy groups -OCH3 is 1. The van der Waals surface area contributed by atoms with Crippen molar-refractivity contribution in [3.8, 4) is 11.6 Å². The van der Waals surface area contributed by atoms with Crippen LogP contribution in [0.2, 0.25) is 0 Å². The van der Waals surface area contributed by atoms with E-state index in [1.54, 1.807) is 18.4 Å². The molecular weight excluding hydrogens is 464 g/mol. The Morgan fingerprint density at radius 1 is 1.11 bits per heavy atom. The summed E-state index contributed by atoms with van der Waals surface area (Å²) in [7, 11) is 1.68. The van der Waals surface area contributed by atoms with Crippen LogP contribution in [0.25, 0.3) is 11.6 Å². The van der Waals surface area contributed by atoms with Crippen LogP contribution in [0, 0.1) is 6.92 Å². The van der Waals surface area contributed by atoms with Crippen molar-refractivity contribution in [2.24, 2.45) is 4.99 Å². The number of carbonyl (C=O) groups excluding carboxylic acids is 1. The predicted octanol–water partition coefficient (Wildman–Crippen LogP) is 4.31. The molecule has 1 aliphatic rings. The average Bonchev–Trinajstić information content (AvgIpc) is 3.45. The number of benzene rings is 2. The molecule has 2 aromatic carbocycles. The Labute approximate surface area is 206 Å². The minimum Gasteiger partial charge on any atom is -0.402 e. The molecule has 0 saturated carbocycles. The lowest BCUT2D eigenvalue weighted by Crippen LogP contribution is -2.32. The third-order valence-electron chi connectivity index (χ3n) is 5.44. The lowest BCUT2D eigenvalue weighted by Gasteiger charge is -2.11. The van der Waals surface area contributed by atoms with E-state index < -0.39 is 6.17 Å². The van der Waals surface area contributed by atoms with Crippen molar-refractivity contribution in [3.05, 3.63) is 75.6 Å². The fourth-order valence-corrected chi connectivity index (χ4v) is 4.83. The number of hydrogen-bond acceptors (Lipinski definition) is 9. The van der Waals surface area contributed by atoms with Crippen LogP contribution >= 0.6 is 11.3 Å². The number of nitrogens with zero attached hydrogens (tertiary/aromatic N) is 4. The summed E-state index contributed by atoms with van der Waals surface area (Å²) in [5.41, 5.74) is 3.77. The molecule has 0 bridgehead atoms. The van der Waals surface area contributed by atoms with Crippen molar-refractivity contribution in [1.29, 1.82) is 0 Å². The van der Waals surface area contributed by atoms with Gasteiger partial charge in [0.05, 0.1) is 16.4 Å². The lowest BCUT2D eigenvalue weighted by molar-refractivity contribution is -0.116. The third-order valence-corrected chi connectivity index (χ3v) is 6.47. The summed E-state index contributed by atoms with van der Waals surface area (Å²) in [5, 5.41) is 15.1. The molecule has 1 unspecified atom stereocenters. The van der Waals surface area contributed by atoms with Crippen LogP contribution in [0.5, 0.6) is 0 Å². The maximum absolute atomic E-state index is 13.0. The number of rotatable bonds is 8. The zero-order chi connectivity index (χ0) is 24.2. The molecule has 0 fully saturated rings. The van der Waals surface area contributed by atoms with E-state index in [4.69, 9.17) is 14.1 Å². The Bertz CT molecular complexity index is 1360. The van der Waals surface area contributed by atoms with Crippen LogP contribution in [0.1, 0.15) is 27.4 Å². The van der Waals surface area contributed by atoms with Crippen LogP contribution in [0.4, 0.5) is 11.7 Å². The number of para-hydroxylation sites is 1. The zero-order valence-electron chi connectivity index (χ0n) is 19.3. The van der Waals surface area contributed by atoms with Gasteiger partial charge in [-0.3, -0.25) is 4.79 Å². The molecule has 2 aromatic heterocycles. The standard InChI is InChI=1S/C25H24N6O3S/c1-15-26-21(19(35-15)13-8-14-33-2)24-30-31-25(34-24)29-22-23(32)27-18-12-7-6-11-17(18)20(28-22)16-9-4-3-5-10-16/h3-7,9-12,22H,8,13-14H2,1-2H3,(H,27,32)(H,29,31). The number of aliphatic imine (C=N–C) groups is 1. The molecule has 35 heavy (non-hydrogen) atoms. The lowest BCUT2D eigenvalue weighted by atomic mass is 10.0. The van der Waals surface area contributed by atoms with Gasteiger partial charge in [0, 0.05) is 29.7 Å². The second-order valence-electron chi connectivity index (χ2n) is 7.94. The van der Waals surface area contributed by atoms with Crippen LogP contribution in [0.3, 0.4) is 0 Å². The van der Waals surface area contributed by atoms with Gasteiger partial charge in [-0.1, -0.05) is 53.6 Å². The van der Waals surface area contributed by atoms with Gasteiger partial charge in [0.1, 0.15) is 5.69 Å². The van der Waals surface area contributed by atoms with Crippen molar-refractivity contribution in [3.63, 3.8) is 0 Å². The zero-order valence-corrected chi connectivity index (χ0v) is 20.1. The van der Waals surface area contributed by atoms with E-state index in [0.717, 1.165) is 33.9 Å². The molecule has 0 saturated heterocycles. The minimum absolute atomic E-state index is 0.0933. The van der Waals surface area contributed by atoms with Gasteiger partial charge in [0.15, 0.2) is 0 Å². The monoisotopic (exact) mass is 488 g/mol. The van der Waals surface area contributed by atoms with Gasteiger partial charge >= 0.3 is 6.01 Å². The van der Waals surface area contributed by atoms with Crippen LogP contribution in [-0.4, -0.2) is 46.7 Å². The molecule has 4 aromatic rings. The summed E-state index contributed by atoms with van der Waals surface area (Å²) in [4.78, 5) is 23.4. The van der Waals surface area contributed by atoms with Crippen LogP contribution < -0.4 is 10.6 Å². The van der Waals surface area contributed by atoms with E-state index in [9.17, 15) is 4.79 Å². The smallest absolute Gasteiger partial charge is 0.317 e. The molecule has 2 N–H and O–H groups in total. The highest BCUT2D eigenvalue weighted by molar-refractivity contribution is 7.12. The number of aryl methyl sites for hydroxylation is 2. The first-order valence-corrected chi connectivity index (χ1v) is 12.0. The molecule has 0 spiro atoms. The van der Waals surface area contributed by atoms with Gasteiger partial charge in [-0.25, -0.2) is 9.98 Å². The average molecular weight is 489 g/mol. The summed E-state index contributed by atoms with van der Waals surface area (Å²) in [6, 6.07) is 17.4. The Morgan fingerprint density at radius 2 is 1.91 bits per heavy atom. The third kappa shape index (κ3) is 4.98. The molecule has 5 rings (SSSR count). The molecule has 3 heterocycles. The minimum atomic E-state index is -0.968. The molecule has 0 aliphatic carbocycles. The molecular formula is C25H24N6O3S. The molecule has 10 heteroatoms. The largest absolute Gasteiger partial charge is 0.402 e. The van der Waals surface area contributed by atoms with Gasteiger partial charge in [0.2, 0.25) is 6.17 Å². The first-order valence-electron chi connectivity index (χ1n) is 11.2. The van der Waals surface area contributed by atoms with Crippen LogP contribution in [0.15, 0.2) is 64.0 Å². The second kappa shape index (κ2) is 10.2. The first-order chi connectivity index (χ1) is 17.1. The Balaban J connectivity index is 1.44. The van der Waals surface area contributed by atoms with Gasteiger partial charge in [-0.05, 0) is 25.8 Å². The normalized spacial score (nSPS) is 15.2. The topological polar surface area (TPSA) is 115 Å². The quantitative estimate of drug-likeness (QED) is 0.355. The Kier molecular flexibility index (Phi) is 6.64. The van der Waals surface area contributed by atoms with E-state index in [0.29, 0.717) is 29.6 Å². The van der Waals surface area contributed by atoms with Gasteiger partial charge in [-0.15, -0.1) is 16.4 Å². The summed E-state index contributed by atoms with van der Waals surface area (Å²) in [5.74, 6) is -0.0262. The van der Waals surface area contributed by atoms with E-state index in [-0.39, 0.29) is 11.9 Å². The molecule has 1 aliphatic heterocycles. The van der Waals surface area contributed by atoms with Crippen molar-refractivity contribution >= 4 is 34.7 Å². The van der Waals surface area contributed by atoms with Gasteiger partial charge in [-0.2, -0.15) is 0 Å². The molecule has 0 radical (unpaired) electrons. The molecule has 178 valence electrons. The number of carbonyl (C=O) groups is 1. The van der Waals surface area contributed by atoms with Crippen molar-refractivity contribution in [2.45, 2.75) is 25.9 Å². The summed E-state index contributed by atoms with van der Waals surface area (Å²) >= 11 is 1.60. The summed E-state index contributed by atoms with van der Waals surface area (Å²) < 4.78 is 11.0. The maximum atomic E-state index is 13.0. The molecule has 1 atom stereocenters. The predicted molar refractivity (Wildman–Crippen MR) is 135 cm³/mol. The van der Waals surface area contributed by atoms with Crippen molar-refractivity contribution in [2.75, 3.05) is 24.4 Å². The summed E-state index contributed by atoms with van der Waals surface area (Å²) in [6.45, 7) is 2.60. The number of thiazole rings is 1. The number of fused-ring (bicyclic) bond motifs is 1. The van der Waals surface area contributed by atoms with Crippen molar-refractivity contribution in [1.82, 2.24) is 15.2 Å². The highest BCUT2D eigenvalue weighted by Gasteiger charge is 2.27. The number of nitrogens with one attached hydrogen (secondary N) is 2. The second-order valence-corrected chi connectivity index (χ2v) is 9.23. The number of aromatic nitrogens is 3. The van der Waals surface area contributed by atoms with Crippen molar-refractivity contribution < 1.29 is 13.9 Å². The van der Waals surface area contributed by atoms with E-state index in [1.807, 2.05) is 61.5 Å². The number of amides is 1. The van der Waals surface area contributed by atoms with Gasteiger partial charge < -0.3 is 19.8 Å². The van der Waals surface area contributed by atoms with E-state index in [2.05, 4.69) is 25.8 Å². The Hall–Kier alpha value is -3.89. The maximum Gasteiger partial charge on any atom is 0.317 e. The fraction of sp³-hybridized carbons (Fsp3) is 0.240. The molecule has 1 amide bonds. The number of ether oxygens (including phenoxy) is 1. The summed E-state index contributed by atoms with van der Waals surface area (Å²) in [6.07, 6.45) is 0.696. The SMILES string of the molecule is COCCCc1sc(C)nc1-c1nnc(NC2N=C(c3ccccc3)c3ccccc3NC2=O)o1. The van der Waals surface area contributed by atoms with E-state index in [1.165, 1.54) is 0 Å². The highest BCUT2D eigenvalue weighted by Crippen LogP contribution is 2.30.